The van der Waals surface area contributed by atoms with Gasteiger partial charge in [0.05, 0.1) is 18.3 Å². The smallest absolute Gasteiger partial charge is 0.416 e. The summed E-state index contributed by atoms with van der Waals surface area (Å²) < 4.78 is 49.7. The lowest BCUT2D eigenvalue weighted by atomic mass is 10.0. The molecule has 1 fully saturated rings. The van der Waals surface area contributed by atoms with Gasteiger partial charge in [0.15, 0.2) is 0 Å². The van der Waals surface area contributed by atoms with Crippen LogP contribution in [0.4, 0.5) is 13.2 Å². The summed E-state index contributed by atoms with van der Waals surface area (Å²) in [6.07, 6.45) is -3.62. The van der Waals surface area contributed by atoms with E-state index >= 15 is 0 Å². The first kappa shape index (κ1) is 17.1. The maximum Gasteiger partial charge on any atom is 0.416 e. The molecule has 124 valence electrons. The summed E-state index contributed by atoms with van der Waals surface area (Å²) in [5.41, 5.74) is -0.696. The van der Waals surface area contributed by atoms with Gasteiger partial charge < -0.3 is 14.8 Å². The van der Waals surface area contributed by atoms with Crippen LogP contribution in [0.25, 0.3) is 0 Å². The lowest BCUT2D eigenvalue weighted by molar-refractivity contribution is -0.137. The molecule has 0 aromatic heterocycles. The second kappa shape index (κ2) is 7.33. The summed E-state index contributed by atoms with van der Waals surface area (Å²) in [5, 5.41) is 3.25. The van der Waals surface area contributed by atoms with Crippen molar-refractivity contribution in [2.75, 3.05) is 19.7 Å². The number of hydrogen-bond donors (Lipinski definition) is 1. The first-order valence-electron chi connectivity index (χ1n) is 7.52. The maximum atomic E-state index is 12.8. The van der Waals surface area contributed by atoms with E-state index in [4.69, 9.17) is 9.47 Å². The largest absolute Gasteiger partial charge is 0.488 e. The Hall–Kier alpha value is -1.27. The van der Waals surface area contributed by atoms with Crippen molar-refractivity contribution in [2.24, 2.45) is 5.92 Å². The Labute approximate surface area is 128 Å². The predicted molar refractivity (Wildman–Crippen MR) is 77.9 cm³/mol. The third kappa shape index (κ3) is 4.88. The molecule has 1 aromatic carbocycles. The highest BCUT2D eigenvalue weighted by Crippen LogP contribution is 2.32. The highest BCUT2D eigenvalue weighted by atomic mass is 19.4. The van der Waals surface area contributed by atoms with Crippen LogP contribution < -0.4 is 10.1 Å². The highest BCUT2D eigenvalue weighted by Gasteiger charge is 2.32. The summed E-state index contributed by atoms with van der Waals surface area (Å²) in [6, 6.07) is 5.01. The fourth-order valence-corrected chi connectivity index (χ4v) is 2.47. The van der Waals surface area contributed by atoms with E-state index in [0.29, 0.717) is 6.61 Å². The van der Waals surface area contributed by atoms with Crippen molar-refractivity contribution < 1.29 is 22.6 Å². The van der Waals surface area contributed by atoms with Crippen LogP contribution in [0.15, 0.2) is 24.3 Å². The zero-order valence-corrected chi connectivity index (χ0v) is 12.8. The fraction of sp³-hybridized carbons (Fsp3) is 0.625. The van der Waals surface area contributed by atoms with Crippen LogP contribution in [0.3, 0.4) is 0 Å². The molecule has 0 aliphatic carbocycles. The van der Waals surface area contributed by atoms with E-state index in [0.717, 1.165) is 31.6 Å². The summed E-state index contributed by atoms with van der Waals surface area (Å²) >= 11 is 0. The minimum Gasteiger partial charge on any atom is -0.488 e. The minimum absolute atomic E-state index is 0.0574. The maximum absolute atomic E-state index is 12.8. The zero-order valence-electron chi connectivity index (χ0n) is 12.8. The van der Waals surface area contributed by atoms with Gasteiger partial charge >= 0.3 is 6.18 Å². The molecule has 0 amide bonds. The molecule has 1 aliphatic rings. The van der Waals surface area contributed by atoms with Crippen LogP contribution in [0.2, 0.25) is 0 Å². The average Bonchev–Trinajstić information content (AvgIpc) is 2.96. The van der Waals surface area contributed by atoms with Gasteiger partial charge in [-0.2, -0.15) is 13.2 Å². The number of alkyl halides is 3. The predicted octanol–water partition coefficient (Wildman–Crippen LogP) is 3.49. The first-order chi connectivity index (χ1) is 10.4. The van der Waals surface area contributed by atoms with E-state index in [1.54, 1.807) is 6.07 Å². The molecule has 1 N–H and O–H groups in total. The Balaban J connectivity index is 2.08. The van der Waals surface area contributed by atoms with Gasteiger partial charge in [-0.25, -0.2) is 0 Å². The van der Waals surface area contributed by atoms with E-state index in [1.807, 2.05) is 13.8 Å². The molecular formula is C16H22F3NO2. The molecule has 6 heteroatoms. The third-order valence-electron chi connectivity index (χ3n) is 3.67. The van der Waals surface area contributed by atoms with Gasteiger partial charge in [0.2, 0.25) is 0 Å². The average molecular weight is 317 g/mol. The zero-order chi connectivity index (χ0) is 16.2. The summed E-state index contributed by atoms with van der Waals surface area (Å²) in [5.74, 6) is 0.479. The van der Waals surface area contributed by atoms with Gasteiger partial charge in [0.25, 0.3) is 0 Å². The Morgan fingerprint density at radius 2 is 2.09 bits per heavy atom. The number of benzene rings is 1. The van der Waals surface area contributed by atoms with Crippen molar-refractivity contribution in [1.29, 1.82) is 0 Å². The molecule has 3 nitrogen and oxygen atoms in total. The number of rotatable bonds is 6. The van der Waals surface area contributed by atoms with Crippen LogP contribution in [0.5, 0.6) is 5.75 Å². The van der Waals surface area contributed by atoms with Gasteiger partial charge in [-0.15, -0.1) is 0 Å². The number of nitrogens with one attached hydrogen (secondary N) is 1. The molecule has 22 heavy (non-hydrogen) atoms. The summed E-state index contributed by atoms with van der Waals surface area (Å²) in [7, 11) is 0. The normalized spacial score (nSPS) is 20.4. The Kier molecular flexibility index (Phi) is 5.69. The molecule has 1 heterocycles. The molecule has 1 aliphatic heterocycles. The number of ether oxygens (including phenoxy) is 2. The molecule has 0 unspecified atom stereocenters. The first-order valence-corrected chi connectivity index (χ1v) is 7.52. The second-order valence-electron chi connectivity index (χ2n) is 5.82. The second-order valence-corrected chi connectivity index (χ2v) is 5.82. The Morgan fingerprint density at radius 1 is 1.32 bits per heavy atom. The van der Waals surface area contributed by atoms with E-state index in [-0.39, 0.29) is 23.9 Å². The molecule has 0 bridgehead atoms. The fourth-order valence-electron chi connectivity index (χ4n) is 2.47. The molecule has 2 atom stereocenters. The van der Waals surface area contributed by atoms with Gasteiger partial charge in [-0.3, -0.25) is 0 Å². The lowest BCUT2D eigenvalue weighted by Crippen LogP contribution is -2.34. The van der Waals surface area contributed by atoms with E-state index in [9.17, 15) is 13.2 Å². The molecule has 0 saturated carbocycles. The quantitative estimate of drug-likeness (QED) is 0.871. The molecule has 1 saturated heterocycles. The topological polar surface area (TPSA) is 30.5 Å². The van der Waals surface area contributed by atoms with Crippen LogP contribution in [0, 0.1) is 5.92 Å². The Bertz CT molecular complexity index is 471. The monoisotopic (exact) mass is 317 g/mol. The van der Waals surface area contributed by atoms with Gasteiger partial charge in [0, 0.05) is 12.5 Å². The summed E-state index contributed by atoms with van der Waals surface area (Å²) in [4.78, 5) is 0. The SMILES string of the molecule is CC(C)OC[C@@H](Oc1cccc(C(F)(F)F)c1)[C@H]1CCNC1. The van der Waals surface area contributed by atoms with E-state index in [2.05, 4.69) is 5.32 Å². The van der Waals surface area contributed by atoms with Crippen molar-refractivity contribution in [3.05, 3.63) is 29.8 Å². The van der Waals surface area contributed by atoms with Crippen LogP contribution >= 0.6 is 0 Å². The van der Waals surface area contributed by atoms with Crippen LogP contribution in [-0.2, 0) is 10.9 Å². The number of hydrogen-bond acceptors (Lipinski definition) is 3. The molecule has 2 rings (SSSR count). The van der Waals surface area contributed by atoms with Gasteiger partial charge in [0.1, 0.15) is 11.9 Å². The lowest BCUT2D eigenvalue weighted by Gasteiger charge is -2.25. The molecular weight excluding hydrogens is 295 g/mol. The van der Waals surface area contributed by atoms with Gasteiger partial charge in [-0.1, -0.05) is 6.07 Å². The summed E-state index contributed by atoms with van der Waals surface area (Å²) in [6.45, 7) is 5.92. The molecule has 0 radical (unpaired) electrons. The van der Waals surface area contributed by atoms with Crippen LogP contribution in [0.1, 0.15) is 25.8 Å². The molecule has 0 spiro atoms. The van der Waals surface area contributed by atoms with Crippen LogP contribution in [-0.4, -0.2) is 31.9 Å². The van der Waals surface area contributed by atoms with Gasteiger partial charge in [-0.05, 0) is 45.0 Å². The highest BCUT2D eigenvalue weighted by molar-refractivity contribution is 5.30. The van der Waals surface area contributed by atoms with E-state index < -0.39 is 11.7 Å². The minimum atomic E-state index is -4.36. The Morgan fingerprint density at radius 3 is 2.68 bits per heavy atom. The third-order valence-corrected chi connectivity index (χ3v) is 3.67. The number of halogens is 3. The standard InChI is InChI=1S/C16H22F3NO2/c1-11(2)21-10-15(12-6-7-20-9-12)22-14-5-3-4-13(8-14)16(17,18)19/h3-5,8,11-12,15,20H,6-7,9-10H2,1-2H3/t12-,15+/m0/s1. The molecule has 1 aromatic rings. The van der Waals surface area contributed by atoms with Crippen molar-refractivity contribution in [3.8, 4) is 5.75 Å². The van der Waals surface area contributed by atoms with Crippen molar-refractivity contribution in [2.45, 2.75) is 38.7 Å². The van der Waals surface area contributed by atoms with Crippen molar-refractivity contribution in [3.63, 3.8) is 0 Å². The van der Waals surface area contributed by atoms with E-state index in [1.165, 1.54) is 6.07 Å². The van der Waals surface area contributed by atoms with Crippen molar-refractivity contribution >= 4 is 0 Å². The van der Waals surface area contributed by atoms with Crippen molar-refractivity contribution in [1.82, 2.24) is 5.32 Å².